The molecule has 1 aromatic rings. The van der Waals surface area contributed by atoms with E-state index in [1.165, 1.54) is 0 Å². The predicted octanol–water partition coefficient (Wildman–Crippen LogP) is -0.740. The minimum absolute atomic E-state index is 0.0832. The lowest BCUT2D eigenvalue weighted by molar-refractivity contribution is -0.144. The summed E-state index contributed by atoms with van der Waals surface area (Å²) in [5.41, 5.74) is 0.880. The Balaban J connectivity index is 1.78. The predicted molar refractivity (Wildman–Crippen MR) is 111 cm³/mol. The molecule has 0 unspecified atom stereocenters. The van der Waals surface area contributed by atoms with E-state index in [-0.39, 0.29) is 36.4 Å². The molecule has 1 aromatic heterocycles. The minimum atomic E-state index is -3.35. The van der Waals surface area contributed by atoms with Crippen LogP contribution in [0.25, 0.3) is 0 Å². The number of carbonyl (C=O) groups excluding carboxylic acids is 2. The first-order valence-electron chi connectivity index (χ1n) is 10.1. The molecule has 0 aromatic carbocycles. The summed E-state index contributed by atoms with van der Waals surface area (Å²) in [6.07, 6.45) is 5.17. The summed E-state index contributed by atoms with van der Waals surface area (Å²) >= 11 is 0. The summed E-state index contributed by atoms with van der Waals surface area (Å²) in [6.45, 7) is 7.02. The SMILES string of the molecule is Cc1ncc(CN2C[C@@H]3C[C@H](NS(C)(=O)=O)CN3C(=O)[C@@H]2CNC(=O)C(C)C)cn1. The molecular formula is C19H30N6O4S. The number of piperazine rings is 1. The van der Waals surface area contributed by atoms with E-state index >= 15 is 0 Å². The van der Waals surface area contributed by atoms with Gasteiger partial charge >= 0.3 is 0 Å². The van der Waals surface area contributed by atoms with Crippen LogP contribution < -0.4 is 10.0 Å². The lowest BCUT2D eigenvalue weighted by Gasteiger charge is -2.42. The third-order valence-electron chi connectivity index (χ3n) is 5.46. The van der Waals surface area contributed by atoms with Crippen molar-refractivity contribution >= 4 is 21.8 Å². The third kappa shape index (κ3) is 5.52. The molecule has 2 fully saturated rings. The topological polar surface area (TPSA) is 125 Å². The van der Waals surface area contributed by atoms with Crippen molar-refractivity contribution in [3.63, 3.8) is 0 Å². The van der Waals surface area contributed by atoms with Crippen LogP contribution in [0.5, 0.6) is 0 Å². The maximum Gasteiger partial charge on any atom is 0.242 e. The first-order chi connectivity index (χ1) is 14.0. The van der Waals surface area contributed by atoms with Gasteiger partial charge in [-0.1, -0.05) is 13.8 Å². The van der Waals surface area contributed by atoms with Crippen LogP contribution in [0.15, 0.2) is 12.4 Å². The highest BCUT2D eigenvalue weighted by atomic mass is 32.2. The fraction of sp³-hybridized carbons (Fsp3) is 0.684. The number of fused-ring (bicyclic) bond motifs is 1. The molecule has 10 nitrogen and oxygen atoms in total. The molecule has 0 aliphatic carbocycles. The smallest absolute Gasteiger partial charge is 0.242 e. The van der Waals surface area contributed by atoms with Crippen LogP contribution in [-0.4, -0.2) is 84.0 Å². The van der Waals surface area contributed by atoms with Gasteiger partial charge in [-0.2, -0.15) is 0 Å². The second-order valence-corrected chi connectivity index (χ2v) is 10.2. The van der Waals surface area contributed by atoms with Crippen molar-refractivity contribution in [3.8, 4) is 0 Å². The summed E-state index contributed by atoms with van der Waals surface area (Å²) in [4.78, 5) is 37.6. The maximum atomic E-state index is 13.3. The number of nitrogens with one attached hydrogen (secondary N) is 2. The van der Waals surface area contributed by atoms with Crippen LogP contribution in [0, 0.1) is 12.8 Å². The van der Waals surface area contributed by atoms with Crippen LogP contribution in [0.1, 0.15) is 31.7 Å². The van der Waals surface area contributed by atoms with Gasteiger partial charge in [-0.3, -0.25) is 14.5 Å². The molecule has 3 heterocycles. The van der Waals surface area contributed by atoms with Crippen molar-refractivity contribution in [3.05, 3.63) is 23.8 Å². The van der Waals surface area contributed by atoms with Crippen molar-refractivity contribution < 1.29 is 18.0 Å². The Labute approximate surface area is 177 Å². The summed E-state index contributed by atoms with van der Waals surface area (Å²) in [6, 6.07) is -0.912. The number of hydrogen-bond acceptors (Lipinski definition) is 7. The van der Waals surface area contributed by atoms with E-state index in [1.807, 2.05) is 11.8 Å². The van der Waals surface area contributed by atoms with Crippen LogP contribution in [-0.2, 0) is 26.2 Å². The number of aryl methyl sites for hydroxylation is 1. The fourth-order valence-electron chi connectivity index (χ4n) is 4.02. The maximum absolute atomic E-state index is 13.3. The number of nitrogens with zero attached hydrogens (tertiary/aromatic N) is 4. The summed E-state index contributed by atoms with van der Waals surface area (Å²) < 4.78 is 25.9. The summed E-state index contributed by atoms with van der Waals surface area (Å²) in [7, 11) is -3.35. The van der Waals surface area contributed by atoms with Crippen molar-refractivity contribution in [2.24, 2.45) is 5.92 Å². The van der Waals surface area contributed by atoms with Gasteiger partial charge in [0.2, 0.25) is 21.8 Å². The fourth-order valence-corrected chi connectivity index (χ4v) is 4.80. The number of aromatic nitrogens is 2. The van der Waals surface area contributed by atoms with E-state index in [9.17, 15) is 18.0 Å². The Kier molecular flexibility index (Phi) is 6.73. The monoisotopic (exact) mass is 438 g/mol. The van der Waals surface area contributed by atoms with E-state index < -0.39 is 16.1 Å². The number of sulfonamides is 1. The Morgan fingerprint density at radius 3 is 2.53 bits per heavy atom. The highest BCUT2D eigenvalue weighted by Gasteiger charge is 2.45. The molecule has 0 spiro atoms. The largest absolute Gasteiger partial charge is 0.354 e. The standard InChI is InChI=1S/C19H30N6O4S/c1-12(2)18(26)22-8-17-19(27)25-10-15(23-30(4,28)29)5-16(25)11-24(17)9-14-6-20-13(3)21-7-14/h6-7,12,15-17,23H,5,8-11H2,1-4H3,(H,22,26)/t15-,16-,17-/m0/s1. The highest BCUT2D eigenvalue weighted by Crippen LogP contribution is 2.27. The zero-order valence-corrected chi connectivity index (χ0v) is 18.6. The van der Waals surface area contributed by atoms with E-state index in [0.29, 0.717) is 31.9 Å². The van der Waals surface area contributed by atoms with E-state index in [4.69, 9.17) is 0 Å². The van der Waals surface area contributed by atoms with E-state index in [2.05, 4.69) is 20.0 Å². The summed E-state index contributed by atoms with van der Waals surface area (Å²) in [5, 5.41) is 2.87. The normalized spacial score (nSPS) is 24.9. The molecule has 0 radical (unpaired) electrons. The second kappa shape index (κ2) is 8.94. The van der Waals surface area contributed by atoms with Gasteiger partial charge in [0.25, 0.3) is 0 Å². The first-order valence-corrected chi connectivity index (χ1v) is 12.0. The van der Waals surface area contributed by atoms with Gasteiger partial charge in [-0.05, 0) is 13.3 Å². The Hall–Kier alpha value is -2.11. The number of carbonyl (C=O) groups is 2. The Morgan fingerprint density at radius 2 is 1.93 bits per heavy atom. The van der Waals surface area contributed by atoms with Crippen molar-refractivity contribution in [1.82, 2.24) is 29.8 Å². The second-order valence-electron chi connectivity index (χ2n) is 8.45. The van der Waals surface area contributed by atoms with Gasteiger partial charge in [0, 0.05) is 62.1 Å². The van der Waals surface area contributed by atoms with Crippen molar-refractivity contribution in [2.45, 2.75) is 51.9 Å². The van der Waals surface area contributed by atoms with Gasteiger partial charge in [-0.15, -0.1) is 0 Å². The average molecular weight is 439 g/mol. The van der Waals surface area contributed by atoms with Gasteiger partial charge < -0.3 is 10.2 Å². The minimum Gasteiger partial charge on any atom is -0.354 e. The zero-order chi connectivity index (χ0) is 22.1. The first kappa shape index (κ1) is 22.6. The molecule has 3 rings (SSSR count). The van der Waals surface area contributed by atoms with Crippen molar-refractivity contribution in [2.75, 3.05) is 25.9 Å². The zero-order valence-electron chi connectivity index (χ0n) is 17.8. The molecule has 2 aliphatic rings. The molecule has 3 atom stereocenters. The Bertz CT molecular complexity index is 889. The quantitative estimate of drug-likeness (QED) is 0.574. The molecule has 0 saturated carbocycles. The van der Waals surface area contributed by atoms with Crippen LogP contribution in [0.2, 0.25) is 0 Å². The molecule has 11 heteroatoms. The van der Waals surface area contributed by atoms with Crippen LogP contribution >= 0.6 is 0 Å². The van der Waals surface area contributed by atoms with E-state index in [1.54, 1.807) is 31.1 Å². The molecule has 2 saturated heterocycles. The van der Waals surface area contributed by atoms with Crippen LogP contribution in [0.3, 0.4) is 0 Å². The van der Waals surface area contributed by atoms with E-state index in [0.717, 1.165) is 11.8 Å². The Morgan fingerprint density at radius 1 is 1.27 bits per heavy atom. The number of rotatable bonds is 7. The third-order valence-corrected chi connectivity index (χ3v) is 6.22. The molecule has 2 amide bonds. The average Bonchev–Trinajstić information content (AvgIpc) is 3.03. The molecule has 0 bridgehead atoms. The van der Waals surface area contributed by atoms with Crippen molar-refractivity contribution in [1.29, 1.82) is 0 Å². The number of amides is 2. The lowest BCUT2D eigenvalue weighted by atomic mass is 10.0. The van der Waals surface area contributed by atoms with Crippen LogP contribution in [0.4, 0.5) is 0 Å². The molecule has 166 valence electrons. The van der Waals surface area contributed by atoms with Gasteiger partial charge in [-0.25, -0.2) is 23.1 Å². The van der Waals surface area contributed by atoms with Gasteiger partial charge in [0.1, 0.15) is 11.9 Å². The number of hydrogen-bond donors (Lipinski definition) is 2. The molecule has 2 aliphatic heterocycles. The molecule has 2 N–H and O–H groups in total. The lowest BCUT2D eigenvalue weighted by Crippen LogP contribution is -2.62. The van der Waals surface area contributed by atoms with Gasteiger partial charge in [0.05, 0.1) is 6.26 Å². The molecular weight excluding hydrogens is 408 g/mol. The highest BCUT2D eigenvalue weighted by molar-refractivity contribution is 7.88. The summed E-state index contributed by atoms with van der Waals surface area (Å²) in [5.74, 6) is 0.291. The molecule has 30 heavy (non-hydrogen) atoms. The van der Waals surface area contributed by atoms with Gasteiger partial charge in [0.15, 0.2) is 0 Å².